The Kier molecular flexibility index (Phi) is 3.97. The largest absolute Gasteiger partial charge is 0.490 e. The van der Waals surface area contributed by atoms with Crippen LogP contribution >= 0.6 is 15.9 Å². The molecule has 0 N–H and O–H groups in total. The Morgan fingerprint density at radius 1 is 1.40 bits per heavy atom. The van der Waals surface area contributed by atoms with Crippen molar-refractivity contribution in [3.05, 3.63) is 45.6 Å². The van der Waals surface area contributed by atoms with Crippen LogP contribution < -0.4 is 0 Å². The fourth-order valence-electron chi connectivity index (χ4n) is 3.47. The number of rotatable bonds is 3. The first-order valence-electron chi connectivity index (χ1n) is 7.38. The van der Waals surface area contributed by atoms with E-state index in [4.69, 9.17) is 4.74 Å². The summed E-state index contributed by atoms with van der Waals surface area (Å²) in [6, 6.07) is 8.36. The Hall–Kier alpha value is -1.09. The molecule has 1 aliphatic carbocycles. The molecule has 0 spiro atoms. The van der Waals surface area contributed by atoms with E-state index < -0.39 is 0 Å². The molecule has 20 heavy (non-hydrogen) atoms. The van der Waals surface area contributed by atoms with Crippen LogP contribution in [0, 0.1) is 5.92 Å². The summed E-state index contributed by atoms with van der Waals surface area (Å²) in [6.45, 7) is 2.83. The number of hydrogen-bond acceptors (Lipinski definition) is 2. The number of hydrogen-bond donors (Lipinski definition) is 0. The Balaban J connectivity index is 2.04. The summed E-state index contributed by atoms with van der Waals surface area (Å²) in [6.07, 6.45) is 3.99. The zero-order chi connectivity index (χ0) is 14.1. The van der Waals surface area contributed by atoms with Gasteiger partial charge in [0.2, 0.25) is 5.78 Å². The average Bonchev–Trinajstić information content (AvgIpc) is 2.73. The first kappa shape index (κ1) is 13.9. The van der Waals surface area contributed by atoms with Crippen molar-refractivity contribution in [3.8, 4) is 0 Å². The van der Waals surface area contributed by atoms with Gasteiger partial charge in [0.1, 0.15) is 0 Å². The second-order valence-corrected chi connectivity index (χ2v) is 6.51. The molecule has 2 atom stereocenters. The first-order chi connectivity index (χ1) is 9.72. The second kappa shape index (κ2) is 5.72. The van der Waals surface area contributed by atoms with Crippen LogP contribution in [-0.4, -0.2) is 12.4 Å². The minimum atomic E-state index is 0.0670. The molecule has 0 radical (unpaired) electrons. The third-order valence-electron chi connectivity index (χ3n) is 4.27. The van der Waals surface area contributed by atoms with Crippen LogP contribution in [-0.2, 0) is 9.53 Å². The van der Waals surface area contributed by atoms with Gasteiger partial charge in [0, 0.05) is 16.3 Å². The van der Waals surface area contributed by atoms with Gasteiger partial charge in [0.05, 0.1) is 6.61 Å². The molecule has 1 aromatic carbocycles. The molecule has 0 aromatic heterocycles. The minimum absolute atomic E-state index is 0.0670. The van der Waals surface area contributed by atoms with Gasteiger partial charge in [-0.3, -0.25) is 4.79 Å². The molecule has 2 aliphatic rings. The number of carbonyl (C=O) groups is 1. The normalized spacial score (nSPS) is 25.6. The number of ether oxygens (including phenoxy) is 1. The van der Waals surface area contributed by atoms with E-state index in [2.05, 4.69) is 41.1 Å². The van der Waals surface area contributed by atoms with E-state index in [9.17, 15) is 4.79 Å². The molecule has 3 rings (SSSR count). The zero-order valence-corrected chi connectivity index (χ0v) is 13.3. The SMILES string of the molecule is CCC[C@H]1C(=O)C2=C(CCCO2)[C@@H]1c1cccc(Br)c1. The third-order valence-corrected chi connectivity index (χ3v) is 4.77. The summed E-state index contributed by atoms with van der Waals surface area (Å²) >= 11 is 3.54. The summed E-state index contributed by atoms with van der Waals surface area (Å²) in [5.41, 5.74) is 2.47. The molecule has 3 heteroatoms. The molecule has 1 aliphatic heterocycles. The van der Waals surface area contributed by atoms with E-state index in [0.29, 0.717) is 12.4 Å². The summed E-state index contributed by atoms with van der Waals surface area (Å²) in [5, 5.41) is 0. The fourth-order valence-corrected chi connectivity index (χ4v) is 3.89. The van der Waals surface area contributed by atoms with Crippen LogP contribution in [0.4, 0.5) is 0 Å². The lowest BCUT2D eigenvalue weighted by atomic mass is 9.81. The third kappa shape index (κ3) is 2.32. The predicted molar refractivity (Wildman–Crippen MR) is 82.5 cm³/mol. The lowest BCUT2D eigenvalue weighted by molar-refractivity contribution is -0.122. The fraction of sp³-hybridized carbons (Fsp3) is 0.471. The molecule has 0 fully saturated rings. The Labute approximate surface area is 128 Å². The van der Waals surface area contributed by atoms with E-state index in [1.807, 2.05) is 6.07 Å². The van der Waals surface area contributed by atoms with Crippen molar-refractivity contribution in [3.63, 3.8) is 0 Å². The van der Waals surface area contributed by atoms with Crippen molar-refractivity contribution >= 4 is 21.7 Å². The highest BCUT2D eigenvalue weighted by Gasteiger charge is 2.43. The van der Waals surface area contributed by atoms with Crippen LogP contribution in [0.2, 0.25) is 0 Å². The predicted octanol–water partition coefficient (Wildman–Crippen LogP) is 4.60. The lowest BCUT2D eigenvalue weighted by Gasteiger charge is -2.22. The molecule has 106 valence electrons. The van der Waals surface area contributed by atoms with Crippen LogP contribution in [0.1, 0.15) is 44.1 Å². The van der Waals surface area contributed by atoms with Crippen molar-refractivity contribution in [2.45, 2.75) is 38.5 Å². The lowest BCUT2D eigenvalue weighted by Crippen LogP contribution is -2.17. The summed E-state index contributed by atoms with van der Waals surface area (Å²) in [4.78, 5) is 12.6. The number of allylic oxidation sites excluding steroid dienone is 2. The maximum Gasteiger partial charge on any atom is 0.201 e. The van der Waals surface area contributed by atoms with Gasteiger partial charge in [-0.1, -0.05) is 41.4 Å². The standard InChI is InChI=1S/C17H19BrO2/c1-2-5-13-15(11-6-3-7-12(18)10-11)14-8-4-9-20-17(14)16(13)19/h3,6-7,10,13,15H,2,4-5,8-9H2,1H3/t13-,15-/m1/s1. The molecule has 2 nitrogen and oxygen atoms in total. The van der Waals surface area contributed by atoms with Gasteiger partial charge in [-0.25, -0.2) is 0 Å². The molecular weight excluding hydrogens is 316 g/mol. The van der Waals surface area contributed by atoms with Gasteiger partial charge in [-0.15, -0.1) is 0 Å². The Morgan fingerprint density at radius 3 is 3.00 bits per heavy atom. The van der Waals surface area contributed by atoms with Gasteiger partial charge in [0.25, 0.3) is 0 Å². The van der Waals surface area contributed by atoms with E-state index in [0.717, 1.165) is 30.2 Å². The molecule has 1 aromatic rings. The van der Waals surface area contributed by atoms with E-state index in [1.54, 1.807) is 0 Å². The topological polar surface area (TPSA) is 26.3 Å². The van der Waals surface area contributed by atoms with Crippen LogP contribution in [0.15, 0.2) is 40.1 Å². The maximum atomic E-state index is 12.6. The maximum absolute atomic E-state index is 12.6. The van der Waals surface area contributed by atoms with Gasteiger partial charge in [0.15, 0.2) is 5.76 Å². The van der Waals surface area contributed by atoms with Gasteiger partial charge in [-0.2, -0.15) is 0 Å². The molecular formula is C17H19BrO2. The number of Topliss-reactive ketones (excluding diaryl/α,β-unsaturated/α-hetero) is 1. The summed E-state index contributed by atoms with van der Waals surface area (Å²) < 4.78 is 6.76. The van der Waals surface area contributed by atoms with Crippen molar-refractivity contribution in [1.29, 1.82) is 0 Å². The van der Waals surface area contributed by atoms with Crippen LogP contribution in [0.25, 0.3) is 0 Å². The number of halogens is 1. The zero-order valence-electron chi connectivity index (χ0n) is 11.7. The Bertz CT molecular complexity index is 562. The van der Waals surface area contributed by atoms with Crippen molar-refractivity contribution in [2.24, 2.45) is 5.92 Å². The quantitative estimate of drug-likeness (QED) is 0.807. The van der Waals surface area contributed by atoms with Crippen LogP contribution in [0.3, 0.4) is 0 Å². The van der Waals surface area contributed by atoms with E-state index >= 15 is 0 Å². The van der Waals surface area contributed by atoms with E-state index in [-0.39, 0.29) is 17.6 Å². The van der Waals surface area contributed by atoms with Crippen molar-refractivity contribution in [2.75, 3.05) is 6.61 Å². The number of benzene rings is 1. The molecule has 1 heterocycles. The number of ketones is 1. The second-order valence-electron chi connectivity index (χ2n) is 5.60. The van der Waals surface area contributed by atoms with Gasteiger partial charge >= 0.3 is 0 Å². The van der Waals surface area contributed by atoms with Crippen molar-refractivity contribution in [1.82, 2.24) is 0 Å². The smallest absolute Gasteiger partial charge is 0.201 e. The minimum Gasteiger partial charge on any atom is -0.490 e. The summed E-state index contributed by atoms with van der Waals surface area (Å²) in [5.74, 6) is 1.19. The number of carbonyl (C=O) groups excluding carboxylic acids is 1. The van der Waals surface area contributed by atoms with Gasteiger partial charge < -0.3 is 4.74 Å². The molecule has 0 bridgehead atoms. The van der Waals surface area contributed by atoms with Gasteiger partial charge in [-0.05, 0) is 42.5 Å². The highest BCUT2D eigenvalue weighted by Crippen LogP contribution is 2.47. The molecule has 0 saturated heterocycles. The molecule has 0 unspecified atom stereocenters. The Morgan fingerprint density at radius 2 is 2.25 bits per heavy atom. The first-order valence-corrected chi connectivity index (χ1v) is 8.17. The highest BCUT2D eigenvalue weighted by molar-refractivity contribution is 9.10. The van der Waals surface area contributed by atoms with Crippen molar-refractivity contribution < 1.29 is 9.53 Å². The molecule has 0 amide bonds. The monoisotopic (exact) mass is 334 g/mol. The highest BCUT2D eigenvalue weighted by atomic mass is 79.9. The average molecular weight is 335 g/mol. The molecule has 0 saturated carbocycles. The van der Waals surface area contributed by atoms with Crippen LogP contribution in [0.5, 0.6) is 0 Å². The van der Waals surface area contributed by atoms with E-state index in [1.165, 1.54) is 11.1 Å². The summed E-state index contributed by atoms with van der Waals surface area (Å²) in [7, 11) is 0.